The molecule has 1 fully saturated rings. The molecule has 0 amide bonds. The molecule has 118 valence electrons. The molecule has 0 saturated carbocycles. The van der Waals surface area contributed by atoms with Crippen LogP contribution in [0.4, 0.5) is 5.69 Å². The van der Waals surface area contributed by atoms with Gasteiger partial charge in [-0.1, -0.05) is 42.3 Å². The van der Waals surface area contributed by atoms with Crippen molar-refractivity contribution in [3.8, 4) is 18.1 Å². The lowest BCUT2D eigenvalue weighted by Gasteiger charge is -2.36. The van der Waals surface area contributed by atoms with Crippen LogP contribution in [0.2, 0.25) is 0 Å². The minimum absolute atomic E-state index is 0.314. The smallest absolute Gasteiger partial charge is 0.148 e. The number of benzene rings is 2. The fourth-order valence-corrected chi connectivity index (χ4v) is 2.90. The number of nitrogens with zero attached hydrogens (tertiary/aromatic N) is 2. The van der Waals surface area contributed by atoms with Crippen molar-refractivity contribution in [2.75, 3.05) is 37.7 Å². The first-order valence-corrected chi connectivity index (χ1v) is 8.03. The normalized spacial score (nSPS) is 15.2. The number of hydrogen-bond donors (Lipinski definition) is 0. The molecule has 1 saturated heterocycles. The molecule has 0 spiro atoms. The van der Waals surface area contributed by atoms with Crippen LogP contribution in [0, 0.1) is 12.3 Å². The van der Waals surface area contributed by atoms with E-state index in [0.29, 0.717) is 6.61 Å². The molecule has 0 aromatic heterocycles. The third-order valence-electron chi connectivity index (χ3n) is 4.13. The van der Waals surface area contributed by atoms with Gasteiger partial charge in [-0.3, -0.25) is 4.90 Å². The molecule has 1 aliphatic rings. The van der Waals surface area contributed by atoms with Gasteiger partial charge in [0, 0.05) is 44.5 Å². The van der Waals surface area contributed by atoms with Gasteiger partial charge >= 0.3 is 0 Å². The fraction of sp³-hybridized carbons (Fsp3) is 0.300. The number of rotatable bonds is 5. The van der Waals surface area contributed by atoms with Crippen molar-refractivity contribution in [1.29, 1.82) is 0 Å². The van der Waals surface area contributed by atoms with Crippen LogP contribution in [0.1, 0.15) is 5.56 Å². The summed E-state index contributed by atoms with van der Waals surface area (Å²) in [5.41, 5.74) is 2.59. The summed E-state index contributed by atoms with van der Waals surface area (Å²) in [5.74, 6) is 3.34. The first-order valence-electron chi connectivity index (χ1n) is 8.03. The zero-order valence-corrected chi connectivity index (χ0v) is 13.3. The van der Waals surface area contributed by atoms with Gasteiger partial charge < -0.3 is 9.64 Å². The Morgan fingerprint density at radius 1 is 0.957 bits per heavy atom. The number of terminal acetylenes is 1. The lowest BCUT2D eigenvalue weighted by Crippen LogP contribution is -2.45. The second kappa shape index (κ2) is 7.71. The van der Waals surface area contributed by atoms with E-state index in [1.54, 1.807) is 0 Å². The van der Waals surface area contributed by atoms with Crippen molar-refractivity contribution in [3.05, 3.63) is 60.2 Å². The highest BCUT2D eigenvalue weighted by atomic mass is 16.5. The summed E-state index contributed by atoms with van der Waals surface area (Å²) in [6.45, 7) is 5.56. The number of piperazine rings is 1. The van der Waals surface area contributed by atoms with Crippen LogP contribution in [-0.2, 0) is 6.54 Å². The second-order valence-electron chi connectivity index (χ2n) is 5.74. The van der Waals surface area contributed by atoms with Crippen molar-refractivity contribution in [1.82, 2.24) is 4.90 Å². The molecule has 0 atom stereocenters. The van der Waals surface area contributed by atoms with E-state index in [1.165, 1.54) is 11.3 Å². The molecule has 0 radical (unpaired) electrons. The molecule has 2 aromatic rings. The van der Waals surface area contributed by atoms with Crippen LogP contribution in [0.3, 0.4) is 0 Å². The average Bonchev–Trinajstić information content (AvgIpc) is 2.62. The molecule has 2 aromatic carbocycles. The summed E-state index contributed by atoms with van der Waals surface area (Å²) < 4.78 is 5.51. The minimum atomic E-state index is 0.314. The van der Waals surface area contributed by atoms with E-state index in [2.05, 4.69) is 58.2 Å². The standard InChI is InChI=1S/C20H22N2O/c1-2-15-23-20-10-6-9-19(16-20)22-13-11-21(12-14-22)17-18-7-4-3-5-8-18/h1,3-10,16H,11-15,17H2. The van der Waals surface area contributed by atoms with Crippen LogP contribution in [0.25, 0.3) is 0 Å². The zero-order chi connectivity index (χ0) is 15.9. The molecule has 0 N–H and O–H groups in total. The fourth-order valence-electron chi connectivity index (χ4n) is 2.90. The van der Waals surface area contributed by atoms with Crippen molar-refractivity contribution in [2.24, 2.45) is 0 Å². The Morgan fingerprint density at radius 3 is 2.48 bits per heavy atom. The Balaban J connectivity index is 1.55. The largest absolute Gasteiger partial charge is 0.481 e. The molecule has 1 heterocycles. The summed E-state index contributed by atoms with van der Waals surface area (Å²) in [5, 5.41) is 0. The van der Waals surface area contributed by atoms with Crippen molar-refractivity contribution in [3.63, 3.8) is 0 Å². The van der Waals surface area contributed by atoms with Gasteiger partial charge in [0.1, 0.15) is 12.4 Å². The minimum Gasteiger partial charge on any atom is -0.481 e. The summed E-state index contributed by atoms with van der Waals surface area (Å²) in [7, 11) is 0. The molecule has 3 nitrogen and oxygen atoms in total. The van der Waals surface area contributed by atoms with Gasteiger partial charge in [0.2, 0.25) is 0 Å². The van der Waals surface area contributed by atoms with E-state index in [1.807, 2.05) is 12.1 Å². The number of ether oxygens (including phenoxy) is 1. The molecule has 1 aliphatic heterocycles. The van der Waals surface area contributed by atoms with Gasteiger partial charge in [-0.05, 0) is 17.7 Å². The van der Waals surface area contributed by atoms with E-state index in [-0.39, 0.29) is 0 Å². The average molecular weight is 306 g/mol. The van der Waals surface area contributed by atoms with Crippen LogP contribution in [-0.4, -0.2) is 37.7 Å². The summed E-state index contributed by atoms with van der Waals surface area (Å²) in [6.07, 6.45) is 5.24. The van der Waals surface area contributed by atoms with Gasteiger partial charge in [0.25, 0.3) is 0 Å². The molecule has 0 bridgehead atoms. The summed E-state index contributed by atoms with van der Waals surface area (Å²) in [4.78, 5) is 4.91. The highest BCUT2D eigenvalue weighted by Gasteiger charge is 2.17. The van der Waals surface area contributed by atoms with Crippen LogP contribution in [0.5, 0.6) is 5.75 Å². The van der Waals surface area contributed by atoms with Gasteiger partial charge in [-0.15, -0.1) is 6.42 Å². The zero-order valence-electron chi connectivity index (χ0n) is 13.3. The van der Waals surface area contributed by atoms with E-state index in [9.17, 15) is 0 Å². The highest BCUT2D eigenvalue weighted by molar-refractivity contribution is 5.51. The lowest BCUT2D eigenvalue weighted by atomic mass is 10.2. The molecular weight excluding hydrogens is 284 g/mol. The van der Waals surface area contributed by atoms with Gasteiger partial charge in [0.05, 0.1) is 0 Å². The predicted molar refractivity (Wildman–Crippen MR) is 94.7 cm³/mol. The van der Waals surface area contributed by atoms with Crippen molar-refractivity contribution < 1.29 is 4.74 Å². The molecule has 3 heteroatoms. The molecule has 0 aliphatic carbocycles. The molecular formula is C20H22N2O. The maximum Gasteiger partial charge on any atom is 0.148 e. The van der Waals surface area contributed by atoms with Gasteiger partial charge in [-0.25, -0.2) is 0 Å². The highest BCUT2D eigenvalue weighted by Crippen LogP contribution is 2.22. The van der Waals surface area contributed by atoms with Gasteiger partial charge in [0.15, 0.2) is 0 Å². The number of anilines is 1. The monoisotopic (exact) mass is 306 g/mol. The summed E-state index contributed by atoms with van der Waals surface area (Å²) >= 11 is 0. The predicted octanol–water partition coefficient (Wildman–Crippen LogP) is 3.02. The maximum atomic E-state index is 5.51. The van der Waals surface area contributed by atoms with E-state index >= 15 is 0 Å². The van der Waals surface area contributed by atoms with E-state index < -0.39 is 0 Å². The molecule has 3 rings (SSSR count). The first-order chi connectivity index (χ1) is 11.3. The Hall–Kier alpha value is -2.44. The second-order valence-corrected chi connectivity index (χ2v) is 5.74. The lowest BCUT2D eigenvalue weighted by molar-refractivity contribution is 0.250. The van der Waals surface area contributed by atoms with Crippen molar-refractivity contribution in [2.45, 2.75) is 6.54 Å². The Morgan fingerprint density at radius 2 is 1.74 bits per heavy atom. The molecule has 0 unspecified atom stereocenters. The van der Waals surface area contributed by atoms with Crippen LogP contribution >= 0.6 is 0 Å². The quantitative estimate of drug-likeness (QED) is 0.790. The molecule has 23 heavy (non-hydrogen) atoms. The van der Waals surface area contributed by atoms with E-state index in [0.717, 1.165) is 38.5 Å². The number of hydrogen-bond acceptors (Lipinski definition) is 3. The van der Waals surface area contributed by atoms with Gasteiger partial charge in [-0.2, -0.15) is 0 Å². The third kappa shape index (κ3) is 4.28. The van der Waals surface area contributed by atoms with Crippen LogP contribution in [0.15, 0.2) is 54.6 Å². The first kappa shape index (κ1) is 15.5. The Kier molecular flexibility index (Phi) is 5.18. The van der Waals surface area contributed by atoms with E-state index in [4.69, 9.17) is 11.2 Å². The summed E-state index contributed by atoms with van der Waals surface area (Å²) in [6, 6.07) is 18.8. The third-order valence-corrected chi connectivity index (χ3v) is 4.13. The maximum absolute atomic E-state index is 5.51. The van der Waals surface area contributed by atoms with Crippen LogP contribution < -0.4 is 9.64 Å². The van der Waals surface area contributed by atoms with Crippen molar-refractivity contribution >= 4 is 5.69 Å². The topological polar surface area (TPSA) is 15.7 Å². The Labute approximate surface area is 138 Å². The SMILES string of the molecule is C#CCOc1cccc(N2CCN(Cc3ccccc3)CC2)c1. The Bertz CT molecular complexity index is 655.